The first-order valence-electron chi connectivity index (χ1n) is 10.2. The van der Waals surface area contributed by atoms with Crippen molar-refractivity contribution in [3.05, 3.63) is 58.9 Å². The molecule has 6 heteroatoms. The molecule has 2 N–H and O–H groups in total. The van der Waals surface area contributed by atoms with Crippen molar-refractivity contribution in [2.45, 2.75) is 31.8 Å². The van der Waals surface area contributed by atoms with Crippen LogP contribution in [0.1, 0.15) is 35.6 Å². The molecule has 5 nitrogen and oxygen atoms in total. The fraction of sp³-hybridized carbons (Fsp3) is 0.435. The molecular formula is C23H28FN2O3+. The van der Waals surface area contributed by atoms with Crippen LogP contribution in [0.4, 0.5) is 4.39 Å². The van der Waals surface area contributed by atoms with Gasteiger partial charge in [0.05, 0.1) is 27.3 Å². The maximum atomic E-state index is 13.3. The summed E-state index contributed by atoms with van der Waals surface area (Å²) in [4.78, 5) is 13.6. The highest BCUT2D eigenvalue weighted by molar-refractivity contribution is 5.80. The second-order valence-electron chi connectivity index (χ2n) is 7.94. The molecule has 1 saturated carbocycles. The average Bonchev–Trinajstić information content (AvgIpc) is 3.58. The number of hydrogen-bond acceptors (Lipinski definition) is 3. The zero-order chi connectivity index (χ0) is 20.4. The van der Waals surface area contributed by atoms with Gasteiger partial charge >= 0.3 is 0 Å². The van der Waals surface area contributed by atoms with Crippen molar-refractivity contribution in [2.24, 2.45) is 5.92 Å². The van der Waals surface area contributed by atoms with E-state index in [0.29, 0.717) is 12.3 Å². The molecule has 29 heavy (non-hydrogen) atoms. The first-order valence-corrected chi connectivity index (χ1v) is 10.2. The van der Waals surface area contributed by atoms with Crippen LogP contribution in [0.5, 0.6) is 11.5 Å². The fourth-order valence-corrected chi connectivity index (χ4v) is 4.19. The Balaban J connectivity index is 1.61. The molecule has 2 atom stereocenters. The van der Waals surface area contributed by atoms with Crippen LogP contribution in [0.3, 0.4) is 0 Å². The summed E-state index contributed by atoms with van der Waals surface area (Å²) in [5.74, 6) is 1.54. The second kappa shape index (κ2) is 8.41. The van der Waals surface area contributed by atoms with Crippen LogP contribution < -0.4 is 19.7 Å². The number of benzene rings is 2. The van der Waals surface area contributed by atoms with Gasteiger partial charge in [0.25, 0.3) is 0 Å². The summed E-state index contributed by atoms with van der Waals surface area (Å²) >= 11 is 0. The topological polar surface area (TPSA) is 52.0 Å². The van der Waals surface area contributed by atoms with Crippen LogP contribution >= 0.6 is 0 Å². The van der Waals surface area contributed by atoms with Crippen LogP contribution in [0.15, 0.2) is 36.4 Å². The van der Waals surface area contributed by atoms with Gasteiger partial charge in [0.2, 0.25) is 5.91 Å². The Hall–Kier alpha value is -2.60. The van der Waals surface area contributed by atoms with Crippen molar-refractivity contribution in [1.29, 1.82) is 0 Å². The molecule has 1 aliphatic heterocycles. The molecule has 1 heterocycles. The van der Waals surface area contributed by atoms with Gasteiger partial charge in [-0.15, -0.1) is 0 Å². The number of carbonyl (C=O) groups is 1. The average molecular weight is 399 g/mol. The number of methoxy groups -OCH3 is 2. The van der Waals surface area contributed by atoms with Gasteiger partial charge < -0.3 is 19.7 Å². The third-order valence-corrected chi connectivity index (χ3v) is 6.00. The van der Waals surface area contributed by atoms with E-state index in [-0.39, 0.29) is 23.7 Å². The highest BCUT2D eigenvalue weighted by Crippen LogP contribution is 2.34. The van der Waals surface area contributed by atoms with Crippen molar-refractivity contribution >= 4 is 5.91 Å². The van der Waals surface area contributed by atoms with Gasteiger partial charge in [0.15, 0.2) is 11.5 Å². The molecule has 2 aliphatic rings. The monoisotopic (exact) mass is 399 g/mol. The molecule has 2 aromatic carbocycles. The van der Waals surface area contributed by atoms with E-state index in [4.69, 9.17) is 9.47 Å². The van der Waals surface area contributed by atoms with Gasteiger partial charge in [-0.3, -0.25) is 4.79 Å². The van der Waals surface area contributed by atoms with E-state index in [1.807, 2.05) is 18.2 Å². The minimum atomic E-state index is -0.224. The Labute approximate surface area is 170 Å². The van der Waals surface area contributed by atoms with Crippen LogP contribution in [0.2, 0.25) is 0 Å². The summed E-state index contributed by atoms with van der Waals surface area (Å²) in [7, 11) is 3.28. The van der Waals surface area contributed by atoms with E-state index < -0.39 is 0 Å². The predicted octanol–water partition coefficient (Wildman–Crippen LogP) is 2.05. The minimum absolute atomic E-state index is 0.103. The smallest absolute Gasteiger partial charge is 0.223 e. The van der Waals surface area contributed by atoms with Gasteiger partial charge in [0, 0.05) is 23.5 Å². The standard InChI is InChI=1S/C23H27FN2O3/c1-28-21-11-17-9-10-26(14-15-3-7-18(24)8-4-15)20(19(17)12-22(21)29-2)13-25-23(27)16-5-6-16/h3-4,7-8,11-12,16,20H,5-6,9-10,13-14H2,1-2H3,(H,25,27)/p+1/t20-/m1/s1. The SMILES string of the molecule is COc1cc2c(cc1OC)[C@@H](CNC(=O)C1CC1)[NH+](Cc1ccc(F)cc1)CC2. The summed E-state index contributed by atoms with van der Waals surface area (Å²) in [6, 6.07) is 10.9. The molecular weight excluding hydrogens is 371 g/mol. The Kier molecular flexibility index (Phi) is 5.72. The molecule has 2 aromatic rings. The highest BCUT2D eigenvalue weighted by Gasteiger charge is 2.35. The van der Waals surface area contributed by atoms with Crippen LogP contribution in [-0.4, -0.2) is 33.2 Å². The molecule has 1 aliphatic carbocycles. The number of ether oxygens (including phenoxy) is 2. The quantitative estimate of drug-likeness (QED) is 0.749. The largest absolute Gasteiger partial charge is 0.493 e. The molecule has 4 rings (SSSR count). The Morgan fingerprint density at radius 1 is 1.14 bits per heavy atom. The van der Waals surface area contributed by atoms with E-state index in [0.717, 1.165) is 43.7 Å². The molecule has 0 radical (unpaired) electrons. The van der Waals surface area contributed by atoms with Crippen LogP contribution in [0, 0.1) is 11.7 Å². The number of hydrogen-bond donors (Lipinski definition) is 2. The van der Waals surface area contributed by atoms with Gasteiger partial charge in [-0.25, -0.2) is 4.39 Å². The second-order valence-corrected chi connectivity index (χ2v) is 7.94. The first kappa shape index (κ1) is 19.7. The summed E-state index contributed by atoms with van der Waals surface area (Å²) in [6.07, 6.45) is 2.90. The molecule has 1 amide bonds. The Morgan fingerprint density at radius 2 is 1.83 bits per heavy atom. The van der Waals surface area contributed by atoms with Crippen molar-refractivity contribution in [2.75, 3.05) is 27.3 Å². The number of amides is 1. The summed E-state index contributed by atoms with van der Waals surface area (Å²) in [5.41, 5.74) is 3.50. The van der Waals surface area contributed by atoms with E-state index in [9.17, 15) is 9.18 Å². The molecule has 1 unspecified atom stereocenters. The lowest BCUT2D eigenvalue weighted by atomic mass is 9.91. The Bertz CT molecular complexity index is 880. The van der Waals surface area contributed by atoms with Gasteiger partial charge in [-0.2, -0.15) is 0 Å². The maximum Gasteiger partial charge on any atom is 0.223 e. The normalized spacial score (nSPS) is 20.7. The fourth-order valence-electron chi connectivity index (χ4n) is 4.19. The van der Waals surface area contributed by atoms with Gasteiger partial charge in [0.1, 0.15) is 18.4 Å². The van der Waals surface area contributed by atoms with E-state index in [1.165, 1.54) is 28.2 Å². The van der Waals surface area contributed by atoms with Gasteiger partial charge in [-0.1, -0.05) is 12.1 Å². The van der Waals surface area contributed by atoms with Crippen LogP contribution in [-0.2, 0) is 17.8 Å². The lowest BCUT2D eigenvalue weighted by Gasteiger charge is -2.35. The minimum Gasteiger partial charge on any atom is -0.493 e. The lowest BCUT2D eigenvalue weighted by molar-refractivity contribution is -0.945. The summed E-state index contributed by atoms with van der Waals surface area (Å²) in [5, 5.41) is 3.15. The van der Waals surface area contributed by atoms with Crippen molar-refractivity contribution in [3.63, 3.8) is 0 Å². The third kappa shape index (κ3) is 4.37. The molecule has 0 bridgehead atoms. The molecule has 154 valence electrons. The third-order valence-electron chi connectivity index (χ3n) is 6.00. The van der Waals surface area contributed by atoms with E-state index >= 15 is 0 Å². The van der Waals surface area contributed by atoms with Gasteiger partial charge in [-0.05, 0) is 42.7 Å². The molecule has 0 saturated heterocycles. The zero-order valence-electron chi connectivity index (χ0n) is 17.0. The molecule has 0 spiro atoms. The number of quaternary nitrogens is 1. The van der Waals surface area contributed by atoms with Crippen molar-refractivity contribution < 1.29 is 23.6 Å². The number of rotatable bonds is 7. The number of nitrogens with one attached hydrogen (secondary N) is 2. The van der Waals surface area contributed by atoms with E-state index in [2.05, 4.69) is 11.4 Å². The molecule has 0 aromatic heterocycles. The number of carbonyl (C=O) groups excluding carboxylic acids is 1. The predicted molar refractivity (Wildman–Crippen MR) is 108 cm³/mol. The Morgan fingerprint density at radius 3 is 2.48 bits per heavy atom. The summed E-state index contributed by atoms with van der Waals surface area (Å²) in [6.45, 7) is 2.29. The zero-order valence-corrected chi connectivity index (χ0v) is 17.0. The van der Waals surface area contributed by atoms with E-state index in [1.54, 1.807) is 14.2 Å². The lowest BCUT2D eigenvalue weighted by Crippen LogP contribution is -3.12. The maximum absolute atomic E-state index is 13.3. The number of halogens is 1. The van der Waals surface area contributed by atoms with Crippen LogP contribution in [0.25, 0.3) is 0 Å². The first-order chi connectivity index (χ1) is 14.1. The number of fused-ring (bicyclic) bond motifs is 1. The summed E-state index contributed by atoms with van der Waals surface area (Å²) < 4.78 is 24.3. The molecule has 1 fully saturated rings. The van der Waals surface area contributed by atoms with Crippen molar-refractivity contribution in [1.82, 2.24) is 5.32 Å². The van der Waals surface area contributed by atoms with Crippen molar-refractivity contribution in [3.8, 4) is 11.5 Å². The highest BCUT2D eigenvalue weighted by atomic mass is 19.1.